The lowest BCUT2D eigenvalue weighted by Gasteiger charge is -2.03. The molecule has 1 aromatic heterocycles. The van der Waals surface area contributed by atoms with Crippen LogP contribution in [0.2, 0.25) is 5.02 Å². The zero-order valence-electron chi connectivity index (χ0n) is 10.9. The van der Waals surface area contributed by atoms with E-state index in [9.17, 15) is 0 Å². The van der Waals surface area contributed by atoms with Crippen molar-refractivity contribution in [2.45, 2.75) is 6.92 Å². The van der Waals surface area contributed by atoms with Gasteiger partial charge in [-0.05, 0) is 25.1 Å². The molecule has 0 saturated heterocycles. The molecular formula is C15H13ClN4. The predicted octanol–water partition coefficient (Wildman–Crippen LogP) is 4.05. The summed E-state index contributed by atoms with van der Waals surface area (Å²) in [5, 5.41) is 4.99. The number of aromatic nitrogens is 2. The van der Waals surface area contributed by atoms with Crippen molar-refractivity contribution in [1.29, 1.82) is 0 Å². The molecule has 2 aromatic carbocycles. The molecule has 0 aliphatic heterocycles. The van der Waals surface area contributed by atoms with E-state index in [1.54, 1.807) is 0 Å². The number of fused-ring (bicyclic) bond motifs is 1. The summed E-state index contributed by atoms with van der Waals surface area (Å²) in [6.45, 7) is 1.90. The van der Waals surface area contributed by atoms with Crippen molar-refractivity contribution in [2.24, 2.45) is 5.10 Å². The van der Waals surface area contributed by atoms with Gasteiger partial charge < -0.3 is 4.98 Å². The van der Waals surface area contributed by atoms with Crippen LogP contribution in [-0.4, -0.2) is 15.7 Å². The minimum Gasteiger partial charge on any atom is -0.323 e. The zero-order valence-corrected chi connectivity index (χ0v) is 11.6. The number of H-pyrrole nitrogens is 1. The van der Waals surface area contributed by atoms with E-state index in [0.29, 0.717) is 11.0 Å². The lowest BCUT2D eigenvalue weighted by molar-refractivity contribution is 1.20. The Morgan fingerprint density at radius 2 is 1.90 bits per heavy atom. The highest BCUT2D eigenvalue weighted by atomic mass is 35.5. The van der Waals surface area contributed by atoms with E-state index in [0.717, 1.165) is 22.3 Å². The fourth-order valence-corrected chi connectivity index (χ4v) is 2.23. The molecule has 0 bridgehead atoms. The van der Waals surface area contributed by atoms with Gasteiger partial charge in [0.25, 0.3) is 0 Å². The van der Waals surface area contributed by atoms with Crippen molar-refractivity contribution in [2.75, 3.05) is 5.43 Å². The van der Waals surface area contributed by atoms with Crippen LogP contribution in [0.25, 0.3) is 11.0 Å². The average Bonchev–Trinajstić information content (AvgIpc) is 2.88. The monoisotopic (exact) mass is 284 g/mol. The Labute approximate surface area is 121 Å². The van der Waals surface area contributed by atoms with Crippen molar-refractivity contribution in [1.82, 2.24) is 9.97 Å². The van der Waals surface area contributed by atoms with E-state index in [4.69, 9.17) is 11.6 Å². The Bertz CT molecular complexity index is 743. The predicted molar refractivity (Wildman–Crippen MR) is 83.4 cm³/mol. The second-order valence-electron chi connectivity index (χ2n) is 4.39. The molecule has 0 spiro atoms. The summed E-state index contributed by atoms with van der Waals surface area (Å²) < 4.78 is 0. The number of imidazole rings is 1. The molecule has 1 heterocycles. The quantitative estimate of drug-likeness (QED) is 0.563. The van der Waals surface area contributed by atoms with Crippen LogP contribution in [0.3, 0.4) is 0 Å². The standard InChI is InChI=1S/C15H13ClN4/c1-10(11-6-2-3-7-12(11)16)19-20-15-17-13-8-4-5-9-14(13)18-15/h2-9H,1H3,(H2,17,18,20)/b19-10+. The van der Waals surface area contributed by atoms with E-state index in [-0.39, 0.29) is 0 Å². The zero-order chi connectivity index (χ0) is 13.9. The molecule has 20 heavy (non-hydrogen) atoms. The first-order valence-corrected chi connectivity index (χ1v) is 6.62. The second kappa shape index (κ2) is 5.35. The fraction of sp³-hybridized carbons (Fsp3) is 0.0667. The SMILES string of the molecule is C/C(=N\Nc1nc2ccccc2[nH]1)c1ccccc1Cl. The number of benzene rings is 2. The van der Waals surface area contributed by atoms with Gasteiger partial charge in [0.15, 0.2) is 0 Å². The van der Waals surface area contributed by atoms with Crippen molar-refractivity contribution >= 4 is 34.3 Å². The summed E-state index contributed by atoms with van der Waals surface area (Å²) in [6, 6.07) is 15.4. The number of nitrogens with zero attached hydrogens (tertiary/aromatic N) is 2. The highest BCUT2D eigenvalue weighted by Gasteiger charge is 2.04. The molecule has 0 aliphatic rings. The lowest BCUT2D eigenvalue weighted by atomic mass is 10.1. The van der Waals surface area contributed by atoms with E-state index in [1.807, 2.05) is 55.5 Å². The Morgan fingerprint density at radius 1 is 1.15 bits per heavy atom. The Kier molecular flexibility index (Phi) is 3.39. The number of halogens is 1. The molecule has 2 N–H and O–H groups in total. The van der Waals surface area contributed by atoms with Crippen molar-refractivity contribution < 1.29 is 0 Å². The third-order valence-electron chi connectivity index (χ3n) is 2.98. The first-order valence-electron chi connectivity index (χ1n) is 6.24. The van der Waals surface area contributed by atoms with Gasteiger partial charge in [0, 0.05) is 10.6 Å². The molecular weight excluding hydrogens is 272 g/mol. The summed E-state index contributed by atoms with van der Waals surface area (Å²) >= 11 is 6.13. The molecule has 0 radical (unpaired) electrons. The third kappa shape index (κ3) is 2.51. The van der Waals surface area contributed by atoms with Crippen LogP contribution in [0.1, 0.15) is 12.5 Å². The molecule has 0 fully saturated rings. The maximum absolute atomic E-state index is 6.13. The number of aromatic amines is 1. The number of nitrogens with one attached hydrogen (secondary N) is 2. The highest BCUT2D eigenvalue weighted by Crippen LogP contribution is 2.17. The van der Waals surface area contributed by atoms with Gasteiger partial charge in [-0.25, -0.2) is 10.4 Å². The van der Waals surface area contributed by atoms with Crippen LogP contribution in [-0.2, 0) is 0 Å². The largest absolute Gasteiger partial charge is 0.323 e. The first kappa shape index (κ1) is 12.7. The minimum atomic E-state index is 0.609. The van der Waals surface area contributed by atoms with Gasteiger partial charge in [-0.1, -0.05) is 41.9 Å². The van der Waals surface area contributed by atoms with Crippen molar-refractivity contribution in [3.63, 3.8) is 0 Å². The van der Waals surface area contributed by atoms with Crippen molar-refractivity contribution in [3.05, 3.63) is 59.1 Å². The van der Waals surface area contributed by atoms with E-state index in [2.05, 4.69) is 20.5 Å². The molecule has 0 atom stereocenters. The van der Waals surface area contributed by atoms with E-state index < -0.39 is 0 Å². The first-order chi connectivity index (χ1) is 9.74. The van der Waals surface area contributed by atoms with Crippen LogP contribution in [0.4, 0.5) is 5.95 Å². The summed E-state index contributed by atoms with van der Waals surface area (Å²) in [5.74, 6) is 0.609. The van der Waals surface area contributed by atoms with Gasteiger partial charge in [-0.3, -0.25) is 0 Å². The van der Waals surface area contributed by atoms with E-state index in [1.165, 1.54) is 0 Å². The van der Waals surface area contributed by atoms with Crippen molar-refractivity contribution in [3.8, 4) is 0 Å². The topological polar surface area (TPSA) is 53.1 Å². The fourth-order valence-electron chi connectivity index (χ4n) is 1.96. The molecule has 0 amide bonds. The Morgan fingerprint density at radius 3 is 2.70 bits per heavy atom. The van der Waals surface area contributed by atoms with Crippen LogP contribution in [0.15, 0.2) is 53.6 Å². The molecule has 4 nitrogen and oxygen atoms in total. The number of hydrogen-bond acceptors (Lipinski definition) is 3. The summed E-state index contributed by atoms with van der Waals surface area (Å²) in [6.07, 6.45) is 0. The number of rotatable bonds is 3. The number of hydrazone groups is 1. The smallest absolute Gasteiger partial charge is 0.222 e. The third-order valence-corrected chi connectivity index (χ3v) is 3.31. The second-order valence-corrected chi connectivity index (χ2v) is 4.80. The minimum absolute atomic E-state index is 0.609. The van der Waals surface area contributed by atoms with Gasteiger partial charge in [0.1, 0.15) is 0 Å². The number of para-hydroxylation sites is 2. The Hall–Kier alpha value is -2.33. The number of anilines is 1. The van der Waals surface area contributed by atoms with Gasteiger partial charge in [0.2, 0.25) is 5.95 Å². The molecule has 0 saturated carbocycles. The average molecular weight is 285 g/mol. The van der Waals surface area contributed by atoms with Gasteiger partial charge in [0.05, 0.1) is 16.7 Å². The molecule has 3 aromatic rings. The Balaban J connectivity index is 1.84. The maximum atomic E-state index is 6.13. The molecule has 0 aliphatic carbocycles. The van der Waals surface area contributed by atoms with Crippen LogP contribution < -0.4 is 5.43 Å². The highest BCUT2D eigenvalue weighted by molar-refractivity contribution is 6.34. The van der Waals surface area contributed by atoms with Gasteiger partial charge in [-0.15, -0.1) is 0 Å². The molecule has 100 valence electrons. The summed E-state index contributed by atoms with van der Waals surface area (Å²) in [7, 11) is 0. The van der Waals surface area contributed by atoms with E-state index >= 15 is 0 Å². The molecule has 0 unspecified atom stereocenters. The lowest BCUT2D eigenvalue weighted by Crippen LogP contribution is -2.01. The number of hydrogen-bond donors (Lipinski definition) is 2. The van der Waals surface area contributed by atoms with Gasteiger partial charge in [-0.2, -0.15) is 5.10 Å². The van der Waals surface area contributed by atoms with Crippen LogP contribution >= 0.6 is 11.6 Å². The molecule has 5 heteroatoms. The summed E-state index contributed by atoms with van der Waals surface area (Å²) in [4.78, 5) is 7.55. The van der Waals surface area contributed by atoms with Crippen LogP contribution in [0, 0.1) is 0 Å². The molecule has 3 rings (SSSR count). The van der Waals surface area contributed by atoms with Crippen LogP contribution in [0.5, 0.6) is 0 Å². The maximum Gasteiger partial charge on any atom is 0.222 e. The summed E-state index contributed by atoms with van der Waals surface area (Å²) in [5.41, 5.74) is 6.50. The van der Waals surface area contributed by atoms with Gasteiger partial charge >= 0.3 is 0 Å². The normalized spacial score (nSPS) is 11.8.